The zero-order valence-corrected chi connectivity index (χ0v) is 12.6. The van der Waals surface area contributed by atoms with Crippen molar-refractivity contribution in [2.45, 2.75) is 32.7 Å². The number of carbonyl (C=O) groups excluding carboxylic acids is 1. The van der Waals surface area contributed by atoms with Gasteiger partial charge in [0, 0.05) is 26.1 Å². The minimum absolute atomic E-state index is 0.231. The van der Waals surface area contributed by atoms with Crippen molar-refractivity contribution in [2.75, 3.05) is 33.9 Å². The molecular weight excluding hydrogens is 262 g/mol. The van der Waals surface area contributed by atoms with Crippen molar-refractivity contribution in [3.05, 3.63) is 11.7 Å². The molecule has 20 heavy (non-hydrogen) atoms. The topological polar surface area (TPSA) is 77.7 Å². The van der Waals surface area contributed by atoms with E-state index in [2.05, 4.69) is 14.9 Å². The first-order valence-electron chi connectivity index (χ1n) is 6.67. The van der Waals surface area contributed by atoms with E-state index in [1.165, 1.54) is 7.11 Å². The minimum Gasteiger partial charge on any atom is -0.469 e. The Hall–Kier alpha value is -1.47. The lowest BCUT2D eigenvalue weighted by molar-refractivity contribution is -0.141. The fourth-order valence-electron chi connectivity index (χ4n) is 1.60. The molecule has 7 heteroatoms. The number of aromatic nitrogens is 2. The molecule has 0 spiro atoms. The molecule has 0 N–H and O–H groups in total. The summed E-state index contributed by atoms with van der Waals surface area (Å²) in [6.45, 7) is 6.35. The van der Waals surface area contributed by atoms with E-state index in [1.54, 1.807) is 7.11 Å². The quantitative estimate of drug-likeness (QED) is 0.631. The van der Waals surface area contributed by atoms with Crippen LogP contribution < -0.4 is 0 Å². The Bertz CT molecular complexity index is 406. The predicted octanol–water partition coefficient (Wildman–Crippen LogP) is 1.20. The molecule has 0 unspecified atom stereocenters. The van der Waals surface area contributed by atoms with Gasteiger partial charge in [-0.25, -0.2) is 0 Å². The van der Waals surface area contributed by atoms with Gasteiger partial charge in [-0.1, -0.05) is 19.0 Å². The summed E-state index contributed by atoms with van der Waals surface area (Å²) < 4.78 is 14.9. The van der Waals surface area contributed by atoms with Gasteiger partial charge in [-0.3, -0.25) is 9.69 Å². The van der Waals surface area contributed by atoms with Gasteiger partial charge >= 0.3 is 5.97 Å². The van der Waals surface area contributed by atoms with Crippen molar-refractivity contribution < 1.29 is 18.8 Å². The maximum absolute atomic E-state index is 11.2. The highest BCUT2D eigenvalue weighted by molar-refractivity contribution is 5.69. The van der Waals surface area contributed by atoms with E-state index in [4.69, 9.17) is 9.26 Å². The third-order valence-electron chi connectivity index (χ3n) is 2.83. The predicted molar refractivity (Wildman–Crippen MR) is 72.2 cm³/mol. The Morgan fingerprint density at radius 2 is 2.10 bits per heavy atom. The molecule has 0 aliphatic rings. The minimum atomic E-state index is -0.235. The van der Waals surface area contributed by atoms with E-state index in [1.807, 2.05) is 18.7 Å². The lowest BCUT2D eigenvalue weighted by Gasteiger charge is -2.19. The molecule has 0 bridgehead atoms. The van der Waals surface area contributed by atoms with Gasteiger partial charge in [0.15, 0.2) is 5.82 Å². The summed E-state index contributed by atoms with van der Waals surface area (Å²) in [5, 5.41) is 3.92. The van der Waals surface area contributed by atoms with Gasteiger partial charge in [-0.2, -0.15) is 4.98 Å². The first kappa shape index (κ1) is 16.6. The highest BCUT2D eigenvalue weighted by Gasteiger charge is 2.15. The van der Waals surface area contributed by atoms with Gasteiger partial charge < -0.3 is 14.0 Å². The number of carbonyl (C=O) groups is 1. The number of nitrogens with zero attached hydrogens (tertiary/aromatic N) is 3. The van der Waals surface area contributed by atoms with E-state index in [9.17, 15) is 4.79 Å². The van der Waals surface area contributed by atoms with Crippen LogP contribution in [0.4, 0.5) is 0 Å². The average molecular weight is 285 g/mol. The molecule has 0 aliphatic heterocycles. The van der Waals surface area contributed by atoms with Crippen LogP contribution >= 0.6 is 0 Å². The summed E-state index contributed by atoms with van der Waals surface area (Å²) in [6.07, 6.45) is 0.325. The maximum atomic E-state index is 11.2. The molecule has 0 saturated heterocycles. The van der Waals surface area contributed by atoms with E-state index >= 15 is 0 Å². The highest BCUT2D eigenvalue weighted by Crippen LogP contribution is 2.11. The van der Waals surface area contributed by atoms with E-state index in [-0.39, 0.29) is 11.9 Å². The van der Waals surface area contributed by atoms with Crippen LogP contribution in [0.3, 0.4) is 0 Å². The van der Waals surface area contributed by atoms with Crippen LogP contribution in [0.25, 0.3) is 0 Å². The molecule has 1 aromatic heterocycles. The molecule has 0 aromatic carbocycles. The smallest absolute Gasteiger partial charge is 0.306 e. The molecule has 0 fully saturated rings. The number of methoxy groups -OCH3 is 2. The van der Waals surface area contributed by atoms with Crippen molar-refractivity contribution in [3.8, 4) is 0 Å². The van der Waals surface area contributed by atoms with Crippen LogP contribution in [0.2, 0.25) is 0 Å². The SMILES string of the molecule is COCCN(CCC(=O)OC)Cc1nc(C(C)C)no1. The lowest BCUT2D eigenvalue weighted by Crippen LogP contribution is -2.29. The van der Waals surface area contributed by atoms with Crippen LogP contribution in [-0.2, 0) is 20.8 Å². The molecule has 114 valence electrons. The van der Waals surface area contributed by atoms with Crippen LogP contribution in [0.5, 0.6) is 0 Å². The molecule has 0 aliphatic carbocycles. The summed E-state index contributed by atoms with van der Waals surface area (Å²) in [5.41, 5.74) is 0. The number of rotatable bonds is 9. The van der Waals surface area contributed by atoms with Gasteiger partial charge in [0.05, 0.1) is 26.7 Å². The van der Waals surface area contributed by atoms with Crippen LogP contribution in [-0.4, -0.2) is 54.9 Å². The second-order valence-electron chi connectivity index (χ2n) is 4.80. The molecule has 1 rings (SSSR count). The Morgan fingerprint density at radius 1 is 1.35 bits per heavy atom. The maximum Gasteiger partial charge on any atom is 0.306 e. The van der Waals surface area contributed by atoms with Crippen molar-refractivity contribution >= 4 is 5.97 Å². The monoisotopic (exact) mass is 285 g/mol. The zero-order valence-electron chi connectivity index (χ0n) is 12.6. The average Bonchev–Trinajstić information content (AvgIpc) is 2.90. The summed E-state index contributed by atoms with van der Waals surface area (Å²) in [4.78, 5) is 17.6. The molecule has 0 saturated carbocycles. The van der Waals surface area contributed by atoms with Gasteiger partial charge in [-0.05, 0) is 0 Å². The number of hydrogen-bond donors (Lipinski definition) is 0. The molecule has 0 atom stereocenters. The number of esters is 1. The Morgan fingerprint density at radius 3 is 2.65 bits per heavy atom. The van der Waals surface area contributed by atoms with Gasteiger partial charge in [0.25, 0.3) is 0 Å². The van der Waals surface area contributed by atoms with Crippen molar-refractivity contribution in [3.63, 3.8) is 0 Å². The molecule has 0 radical (unpaired) electrons. The lowest BCUT2D eigenvalue weighted by atomic mass is 10.2. The number of ether oxygens (including phenoxy) is 2. The van der Waals surface area contributed by atoms with E-state index in [0.717, 1.165) is 0 Å². The Labute approximate surface area is 119 Å². The third-order valence-corrected chi connectivity index (χ3v) is 2.83. The van der Waals surface area contributed by atoms with Crippen molar-refractivity contribution in [1.82, 2.24) is 15.0 Å². The number of hydrogen-bond acceptors (Lipinski definition) is 7. The van der Waals surface area contributed by atoms with Gasteiger partial charge in [0.1, 0.15) is 0 Å². The van der Waals surface area contributed by atoms with Crippen LogP contribution in [0.15, 0.2) is 4.52 Å². The highest BCUT2D eigenvalue weighted by atomic mass is 16.5. The standard InChI is InChI=1S/C13H23N3O4/c1-10(2)13-14-11(20-15-13)9-16(7-8-18-3)6-5-12(17)19-4/h10H,5-9H2,1-4H3. The summed E-state index contributed by atoms with van der Waals surface area (Å²) in [6, 6.07) is 0. The third kappa shape index (κ3) is 5.66. The molecule has 1 heterocycles. The second-order valence-corrected chi connectivity index (χ2v) is 4.80. The fourth-order valence-corrected chi connectivity index (χ4v) is 1.60. The van der Waals surface area contributed by atoms with E-state index in [0.29, 0.717) is 44.4 Å². The summed E-state index contributed by atoms with van der Waals surface area (Å²) in [7, 11) is 3.02. The first-order chi connectivity index (χ1) is 9.56. The largest absolute Gasteiger partial charge is 0.469 e. The van der Waals surface area contributed by atoms with Crippen molar-refractivity contribution in [2.24, 2.45) is 0 Å². The zero-order chi connectivity index (χ0) is 15.0. The van der Waals surface area contributed by atoms with Gasteiger partial charge in [-0.15, -0.1) is 0 Å². The molecule has 1 aromatic rings. The summed E-state index contributed by atoms with van der Waals surface area (Å²) in [5.74, 6) is 1.24. The van der Waals surface area contributed by atoms with Crippen LogP contribution in [0, 0.1) is 0 Å². The van der Waals surface area contributed by atoms with E-state index < -0.39 is 0 Å². The normalized spacial score (nSPS) is 11.3. The molecule has 0 amide bonds. The van der Waals surface area contributed by atoms with Gasteiger partial charge in [0.2, 0.25) is 5.89 Å². The fraction of sp³-hybridized carbons (Fsp3) is 0.769. The molecule has 7 nitrogen and oxygen atoms in total. The first-order valence-corrected chi connectivity index (χ1v) is 6.67. The Balaban J connectivity index is 2.55. The Kier molecular flexibility index (Phi) is 7.17. The second kappa shape index (κ2) is 8.65. The van der Waals surface area contributed by atoms with Crippen LogP contribution in [0.1, 0.15) is 37.9 Å². The molecular formula is C13H23N3O4. The summed E-state index contributed by atoms with van der Waals surface area (Å²) >= 11 is 0. The van der Waals surface area contributed by atoms with Crippen molar-refractivity contribution in [1.29, 1.82) is 0 Å².